The molecular weight excluding hydrogens is 413 g/mol. The van der Waals surface area contributed by atoms with Crippen molar-refractivity contribution < 1.29 is 18.9 Å². The number of carbonyl (C=O) groups is 2. The van der Waals surface area contributed by atoms with E-state index in [0.29, 0.717) is 11.3 Å². The Hall–Kier alpha value is -4.33. The summed E-state index contributed by atoms with van der Waals surface area (Å²) in [6.07, 6.45) is 0. The molecule has 32 heavy (non-hydrogen) atoms. The van der Waals surface area contributed by atoms with Crippen LogP contribution in [-0.4, -0.2) is 16.7 Å². The summed E-state index contributed by atoms with van der Waals surface area (Å²) in [7, 11) is 0. The molecule has 1 heterocycles. The van der Waals surface area contributed by atoms with E-state index < -0.39 is 22.6 Å². The highest BCUT2D eigenvalue weighted by Crippen LogP contribution is 2.35. The van der Waals surface area contributed by atoms with Crippen molar-refractivity contribution in [1.29, 1.82) is 0 Å². The second-order valence-corrected chi connectivity index (χ2v) is 7.42. The Morgan fingerprint density at radius 2 is 1.56 bits per heavy atom. The van der Waals surface area contributed by atoms with Gasteiger partial charge in [-0.05, 0) is 67.4 Å². The highest BCUT2D eigenvalue weighted by Gasteiger charge is 2.40. The maximum Gasteiger partial charge on any atom is 0.282 e. The van der Waals surface area contributed by atoms with Crippen LogP contribution in [0.5, 0.6) is 0 Å². The lowest BCUT2D eigenvalue weighted by Crippen LogP contribution is -2.32. The molecular formula is C24H18FN3O4. The highest BCUT2D eigenvalue weighted by atomic mass is 19.1. The van der Waals surface area contributed by atoms with E-state index >= 15 is 0 Å². The van der Waals surface area contributed by atoms with Gasteiger partial charge in [0.2, 0.25) is 0 Å². The Morgan fingerprint density at radius 3 is 2.16 bits per heavy atom. The van der Waals surface area contributed by atoms with Crippen LogP contribution in [0.15, 0.2) is 72.4 Å². The average molecular weight is 431 g/mol. The zero-order chi connectivity index (χ0) is 23.0. The van der Waals surface area contributed by atoms with Crippen LogP contribution in [0.3, 0.4) is 0 Å². The smallest absolute Gasteiger partial charge is 0.282 e. The second kappa shape index (κ2) is 8.07. The van der Waals surface area contributed by atoms with Crippen LogP contribution in [0, 0.1) is 29.8 Å². The fourth-order valence-corrected chi connectivity index (χ4v) is 3.58. The molecule has 0 radical (unpaired) electrons. The highest BCUT2D eigenvalue weighted by molar-refractivity contribution is 6.46. The first-order valence-corrected chi connectivity index (χ1v) is 9.74. The minimum absolute atomic E-state index is 0.0418. The number of hydrogen-bond acceptors (Lipinski definition) is 5. The molecule has 0 saturated heterocycles. The first-order chi connectivity index (χ1) is 15.3. The molecule has 160 valence electrons. The summed E-state index contributed by atoms with van der Waals surface area (Å²) in [6, 6.07) is 16.0. The van der Waals surface area contributed by atoms with Crippen LogP contribution in [0.2, 0.25) is 0 Å². The summed E-state index contributed by atoms with van der Waals surface area (Å²) in [6.45, 7) is 3.82. The van der Waals surface area contributed by atoms with Crippen LogP contribution in [0.1, 0.15) is 16.7 Å². The van der Waals surface area contributed by atoms with Gasteiger partial charge in [0.25, 0.3) is 17.5 Å². The number of benzene rings is 3. The largest absolute Gasteiger partial charge is 0.350 e. The Morgan fingerprint density at radius 1 is 0.906 bits per heavy atom. The van der Waals surface area contributed by atoms with E-state index in [1.54, 1.807) is 0 Å². The number of nitro benzene ring substituents is 1. The Kier molecular flexibility index (Phi) is 5.28. The van der Waals surface area contributed by atoms with Crippen LogP contribution >= 0.6 is 0 Å². The standard InChI is InChI=1S/C24H18FN3O4/c1-14-3-12-20(15(2)13-14)26-22-21(16-4-8-19(9-5-16)28(31)32)23(29)27(24(22)30)18-10-6-17(25)7-11-18/h3-13,26H,1-2H3. The first kappa shape index (κ1) is 20.9. The Labute approximate surface area is 182 Å². The summed E-state index contributed by atoms with van der Waals surface area (Å²) >= 11 is 0. The van der Waals surface area contributed by atoms with Crippen molar-refractivity contribution in [1.82, 2.24) is 0 Å². The summed E-state index contributed by atoms with van der Waals surface area (Å²) < 4.78 is 13.4. The van der Waals surface area contributed by atoms with Crippen molar-refractivity contribution >= 4 is 34.4 Å². The lowest BCUT2D eigenvalue weighted by Gasteiger charge is -2.16. The van der Waals surface area contributed by atoms with Gasteiger partial charge in [0, 0.05) is 17.8 Å². The van der Waals surface area contributed by atoms with E-state index in [-0.39, 0.29) is 22.6 Å². The molecule has 1 aliphatic rings. The number of carbonyl (C=O) groups excluding carboxylic acids is 2. The van der Waals surface area contributed by atoms with Gasteiger partial charge in [-0.15, -0.1) is 0 Å². The van der Waals surface area contributed by atoms with Gasteiger partial charge in [0.05, 0.1) is 16.2 Å². The maximum absolute atomic E-state index is 13.4. The number of amides is 2. The molecule has 1 N–H and O–H groups in total. The maximum atomic E-state index is 13.4. The normalized spacial score (nSPS) is 13.7. The molecule has 8 heteroatoms. The van der Waals surface area contributed by atoms with E-state index in [4.69, 9.17) is 0 Å². The predicted octanol–water partition coefficient (Wildman–Crippen LogP) is 4.75. The lowest BCUT2D eigenvalue weighted by atomic mass is 10.0. The van der Waals surface area contributed by atoms with Crippen molar-refractivity contribution in [2.45, 2.75) is 13.8 Å². The average Bonchev–Trinajstić information content (AvgIpc) is 3.00. The Balaban J connectivity index is 1.83. The minimum Gasteiger partial charge on any atom is -0.350 e. The molecule has 0 aliphatic carbocycles. The van der Waals surface area contributed by atoms with Gasteiger partial charge >= 0.3 is 0 Å². The molecule has 3 aromatic carbocycles. The van der Waals surface area contributed by atoms with Gasteiger partial charge in [-0.2, -0.15) is 0 Å². The summed E-state index contributed by atoms with van der Waals surface area (Å²) in [5, 5.41) is 14.1. The number of hydrogen-bond donors (Lipinski definition) is 1. The molecule has 0 bridgehead atoms. The second-order valence-electron chi connectivity index (χ2n) is 7.42. The Bertz CT molecular complexity index is 1280. The number of anilines is 2. The van der Waals surface area contributed by atoms with Crippen molar-refractivity contribution in [3.05, 3.63) is 105 Å². The van der Waals surface area contributed by atoms with Gasteiger partial charge < -0.3 is 5.32 Å². The van der Waals surface area contributed by atoms with E-state index in [1.807, 2.05) is 32.0 Å². The van der Waals surface area contributed by atoms with Gasteiger partial charge in [-0.25, -0.2) is 9.29 Å². The molecule has 2 amide bonds. The third-order valence-electron chi connectivity index (χ3n) is 5.18. The predicted molar refractivity (Wildman–Crippen MR) is 118 cm³/mol. The number of imide groups is 1. The fourth-order valence-electron chi connectivity index (χ4n) is 3.58. The van der Waals surface area contributed by atoms with Gasteiger partial charge in [-0.3, -0.25) is 19.7 Å². The summed E-state index contributed by atoms with van der Waals surface area (Å²) in [5.41, 5.74) is 3.12. The zero-order valence-corrected chi connectivity index (χ0v) is 17.3. The number of halogens is 1. The summed E-state index contributed by atoms with van der Waals surface area (Å²) in [4.78, 5) is 38.1. The van der Waals surface area contributed by atoms with E-state index in [2.05, 4.69) is 5.32 Å². The van der Waals surface area contributed by atoms with Gasteiger partial charge in [0.15, 0.2) is 0 Å². The molecule has 0 atom stereocenters. The third kappa shape index (κ3) is 3.74. The van der Waals surface area contributed by atoms with Crippen LogP contribution in [0.25, 0.3) is 5.57 Å². The molecule has 0 unspecified atom stereocenters. The topological polar surface area (TPSA) is 92.6 Å². The van der Waals surface area contributed by atoms with Gasteiger partial charge in [0.1, 0.15) is 11.5 Å². The molecule has 0 aromatic heterocycles. The van der Waals surface area contributed by atoms with Crippen molar-refractivity contribution in [2.75, 3.05) is 10.2 Å². The number of nitrogens with one attached hydrogen (secondary N) is 1. The van der Waals surface area contributed by atoms with Crippen LogP contribution in [0.4, 0.5) is 21.5 Å². The molecule has 4 rings (SSSR count). The quantitative estimate of drug-likeness (QED) is 0.358. The number of rotatable bonds is 5. The van der Waals surface area contributed by atoms with Crippen molar-refractivity contribution in [3.8, 4) is 0 Å². The van der Waals surface area contributed by atoms with E-state index in [0.717, 1.165) is 28.2 Å². The van der Waals surface area contributed by atoms with Gasteiger partial charge in [-0.1, -0.05) is 17.7 Å². The zero-order valence-electron chi connectivity index (χ0n) is 17.3. The van der Waals surface area contributed by atoms with E-state index in [9.17, 15) is 24.1 Å². The molecule has 3 aromatic rings. The van der Waals surface area contributed by atoms with Crippen LogP contribution < -0.4 is 10.2 Å². The van der Waals surface area contributed by atoms with E-state index in [1.165, 1.54) is 36.4 Å². The monoisotopic (exact) mass is 431 g/mol. The number of nitrogens with zero attached hydrogens (tertiary/aromatic N) is 2. The van der Waals surface area contributed by atoms with Crippen LogP contribution in [-0.2, 0) is 9.59 Å². The third-order valence-corrected chi connectivity index (χ3v) is 5.18. The van der Waals surface area contributed by atoms with Crippen molar-refractivity contribution in [2.24, 2.45) is 0 Å². The molecule has 0 saturated carbocycles. The first-order valence-electron chi connectivity index (χ1n) is 9.74. The van der Waals surface area contributed by atoms with Crippen molar-refractivity contribution in [3.63, 3.8) is 0 Å². The fraction of sp³-hybridized carbons (Fsp3) is 0.0833. The summed E-state index contributed by atoms with van der Waals surface area (Å²) in [5.74, 6) is -1.71. The SMILES string of the molecule is Cc1ccc(NC2=C(c3ccc([N+](=O)[O-])cc3)C(=O)N(c3ccc(F)cc3)C2=O)c(C)c1. The minimum atomic E-state index is -0.609. The lowest BCUT2D eigenvalue weighted by molar-refractivity contribution is -0.384. The molecule has 7 nitrogen and oxygen atoms in total. The number of aryl methyl sites for hydroxylation is 2. The number of non-ortho nitro benzene ring substituents is 1. The number of nitro groups is 1. The molecule has 0 spiro atoms. The molecule has 1 aliphatic heterocycles. The molecule has 0 fully saturated rings.